The number of phenolic OH excluding ortho intramolecular Hbond substituents is 2. The minimum Gasteiger partial charge on any atom is -0.508 e. The third-order valence-corrected chi connectivity index (χ3v) is 15.1. The van der Waals surface area contributed by atoms with Gasteiger partial charge < -0.3 is 61.2 Å². The standard InChI is InChI=1S/C55H75N7O17S/c1-8-31(3)45-55(73)79-33(5)46(60-49(67)40(26-20-35-17-23-38(64)24-18-35)56-51(69)43(77-7)30-78-80(74,75)76)52(70)57-39(25-19-34-15-21-37(63)22-16-34)48(66)58-41-27-28-44(65)62(53(41)71)47(32(4)9-2)54(72)61(6)42(50(68)59-45)29-36-13-11-10-12-14-36/h10-18,21-24,31-33,39-47,63-65H,8-9,19-20,25-30H2,1-7H3,(H,56,69)(H,57,70)(H,58,66)(H,59,68)(H,60,67)(H,74,75,76)/t31-,32-,33+,39-,40+,41-,42-,43+,44+,45-,46?,47-/m0/s1. The van der Waals surface area contributed by atoms with E-state index >= 15 is 9.59 Å². The lowest BCUT2D eigenvalue weighted by atomic mass is 9.91. The molecule has 1 unspecified atom stereocenters. The van der Waals surface area contributed by atoms with Gasteiger partial charge in [-0.1, -0.05) is 95.1 Å². The van der Waals surface area contributed by atoms with Crippen LogP contribution in [0.1, 0.15) is 89.8 Å². The van der Waals surface area contributed by atoms with E-state index in [0.717, 1.165) is 12.0 Å². The van der Waals surface area contributed by atoms with Gasteiger partial charge in [0, 0.05) is 20.6 Å². The van der Waals surface area contributed by atoms with E-state index in [1.807, 2.05) is 0 Å². The van der Waals surface area contributed by atoms with Crippen molar-refractivity contribution in [3.8, 4) is 11.5 Å². The smallest absolute Gasteiger partial charge is 0.397 e. The van der Waals surface area contributed by atoms with Crippen LogP contribution in [0.3, 0.4) is 0 Å². The molecule has 12 atom stereocenters. The summed E-state index contributed by atoms with van der Waals surface area (Å²) in [6.45, 7) is 7.16. The summed E-state index contributed by atoms with van der Waals surface area (Å²) < 4.78 is 47.5. The molecule has 0 aliphatic carbocycles. The molecule has 7 amide bonds. The predicted octanol–water partition coefficient (Wildman–Crippen LogP) is 1.34. The lowest BCUT2D eigenvalue weighted by Gasteiger charge is -2.44. The van der Waals surface area contributed by atoms with E-state index in [4.69, 9.17) is 9.47 Å². The van der Waals surface area contributed by atoms with Crippen LogP contribution in [0.25, 0.3) is 0 Å². The first kappa shape index (κ1) is 63.6. The van der Waals surface area contributed by atoms with Gasteiger partial charge in [0.2, 0.25) is 35.4 Å². The van der Waals surface area contributed by atoms with Crippen molar-refractivity contribution in [1.29, 1.82) is 0 Å². The number of hydrogen-bond donors (Lipinski definition) is 9. The van der Waals surface area contributed by atoms with Gasteiger partial charge in [-0.3, -0.25) is 38.1 Å². The lowest BCUT2D eigenvalue weighted by molar-refractivity contribution is -0.168. The number of piperidine rings is 1. The summed E-state index contributed by atoms with van der Waals surface area (Å²) >= 11 is 0. The highest BCUT2D eigenvalue weighted by atomic mass is 32.3. The van der Waals surface area contributed by atoms with Crippen LogP contribution < -0.4 is 26.6 Å². The fraction of sp³-hybridized carbons (Fsp3) is 0.527. The molecule has 9 N–H and O–H groups in total. The maximum absolute atomic E-state index is 15.1. The van der Waals surface area contributed by atoms with E-state index in [9.17, 15) is 57.1 Å². The van der Waals surface area contributed by atoms with Crippen LogP contribution in [0.2, 0.25) is 0 Å². The Morgan fingerprint density at radius 1 is 0.775 bits per heavy atom. The Labute approximate surface area is 465 Å². The molecular formula is C55H75N7O17S. The minimum absolute atomic E-state index is 0.0414. The normalized spacial score (nSPS) is 24.3. The number of aryl methyl sites for hydroxylation is 2. The quantitative estimate of drug-likeness (QED) is 0.0569. The SMILES string of the molecule is CC[C@H](C)[C@@H]1NC(=O)[C@H](Cc2ccccc2)N(C)C(=O)[C@H]([C@@H](C)CC)N2C(=O)[C@H](CC[C@H]2O)NC(=O)[C@H](CCc2ccc(O)cc2)NC(=O)C(NC(=O)[C@@H](CCc2ccc(O)cc2)NC(=O)[C@@H](COS(=O)(=O)O)OC)[C@@H](C)OC1=O. The molecule has 24 nitrogen and oxygen atoms in total. The number of likely N-dealkylation sites (N-methyl/N-ethyl adjacent to an activating group) is 1. The third-order valence-electron chi connectivity index (χ3n) is 14.7. The van der Waals surface area contributed by atoms with Crippen LogP contribution in [0.4, 0.5) is 0 Å². The third kappa shape index (κ3) is 17.7. The number of esters is 1. The number of aliphatic hydroxyl groups excluding tert-OH is 1. The van der Waals surface area contributed by atoms with Crippen molar-refractivity contribution in [3.05, 3.63) is 95.6 Å². The molecule has 2 heterocycles. The average molecular weight is 1140 g/mol. The first-order valence-corrected chi connectivity index (χ1v) is 28.0. The number of fused-ring (bicyclic) bond motifs is 2. The van der Waals surface area contributed by atoms with Gasteiger partial charge >= 0.3 is 16.4 Å². The van der Waals surface area contributed by atoms with Gasteiger partial charge in [0.05, 0.1) is 0 Å². The number of hydrogen-bond acceptors (Lipinski definition) is 16. The number of aromatic hydroxyl groups is 2. The lowest BCUT2D eigenvalue weighted by Crippen LogP contribution is -2.66. The molecule has 3 aromatic rings. The number of amides is 7. The average Bonchev–Trinajstić information content (AvgIpc) is 3.44. The maximum Gasteiger partial charge on any atom is 0.397 e. The number of benzene rings is 3. The number of methoxy groups -OCH3 is 1. The molecule has 0 saturated carbocycles. The summed E-state index contributed by atoms with van der Waals surface area (Å²) in [4.78, 5) is 120. The van der Waals surface area contributed by atoms with E-state index in [2.05, 4.69) is 30.8 Å². The Kier molecular flexibility index (Phi) is 23.3. The number of phenols is 2. The van der Waals surface area contributed by atoms with Crippen molar-refractivity contribution in [1.82, 2.24) is 36.4 Å². The second kappa shape index (κ2) is 29.3. The van der Waals surface area contributed by atoms with Crippen LogP contribution in [0.15, 0.2) is 78.9 Å². The molecule has 0 aromatic heterocycles. The van der Waals surface area contributed by atoms with Crippen molar-refractivity contribution in [2.75, 3.05) is 20.8 Å². The van der Waals surface area contributed by atoms with Gasteiger partial charge in [-0.15, -0.1) is 0 Å². The zero-order valence-electron chi connectivity index (χ0n) is 45.9. The number of aliphatic hydroxyl groups is 1. The summed E-state index contributed by atoms with van der Waals surface area (Å²) in [5.74, 6) is -8.92. The van der Waals surface area contributed by atoms with Crippen molar-refractivity contribution < 1.29 is 80.3 Å². The Bertz CT molecular complexity index is 2740. The van der Waals surface area contributed by atoms with Crippen LogP contribution in [0.5, 0.6) is 11.5 Å². The van der Waals surface area contributed by atoms with Crippen LogP contribution in [0, 0.1) is 11.8 Å². The van der Waals surface area contributed by atoms with Gasteiger partial charge in [-0.25, -0.2) is 8.98 Å². The molecule has 80 heavy (non-hydrogen) atoms. The van der Waals surface area contributed by atoms with Crippen molar-refractivity contribution in [2.45, 2.75) is 153 Å². The number of nitrogens with one attached hydrogen (secondary N) is 5. The van der Waals surface area contributed by atoms with Crippen LogP contribution in [-0.2, 0) is 81.7 Å². The van der Waals surface area contributed by atoms with Crippen LogP contribution >= 0.6 is 0 Å². The predicted molar refractivity (Wildman–Crippen MR) is 288 cm³/mol. The molecular weight excluding hydrogens is 1060 g/mol. The zero-order valence-corrected chi connectivity index (χ0v) is 46.7. The molecule has 3 aromatic carbocycles. The Morgan fingerprint density at radius 2 is 1.38 bits per heavy atom. The maximum atomic E-state index is 15.1. The molecule has 25 heteroatoms. The first-order chi connectivity index (χ1) is 37.8. The molecule has 2 bridgehead atoms. The Balaban J connectivity index is 1.64. The summed E-state index contributed by atoms with van der Waals surface area (Å²) in [6.07, 6.45) is -4.74. The van der Waals surface area contributed by atoms with E-state index in [1.165, 1.54) is 43.1 Å². The monoisotopic (exact) mass is 1140 g/mol. The number of cyclic esters (lactones) is 1. The first-order valence-electron chi connectivity index (χ1n) is 26.6. The minimum atomic E-state index is -5.06. The second-order valence-electron chi connectivity index (χ2n) is 20.3. The van der Waals surface area contributed by atoms with Gasteiger partial charge in [-0.2, -0.15) is 8.42 Å². The highest BCUT2D eigenvalue weighted by Gasteiger charge is 2.47. The zero-order chi connectivity index (χ0) is 59.0. The number of carbonyl (C=O) groups is 8. The van der Waals surface area contributed by atoms with Gasteiger partial charge in [0.15, 0.2) is 6.10 Å². The Hall–Kier alpha value is -7.19. The molecule has 5 rings (SSSR count). The molecule has 2 fully saturated rings. The summed E-state index contributed by atoms with van der Waals surface area (Å²) in [7, 11) is -2.64. The van der Waals surface area contributed by atoms with Gasteiger partial charge in [0.25, 0.3) is 5.91 Å². The van der Waals surface area contributed by atoms with E-state index < -0.39 is 137 Å². The fourth-order valence-corrected chi connectivity index (χ4v) is 9.70. The van der Waals surface area contributed by atoms with Gasteiger partial charge in [0.1, 0.15) is 72.7 Å². The highest BCUT2D eigenvalue weighted by molar-refractivity contribution is 7.80. The summed E-state index contributed by atoms with van der Waals surface area (Å²) in [6, 6.07) is 10.1. The van der Waals surface area contributed by atoms with E-state index in [-0.39, 0.29) is 62.9 Å². The van der Waals surface area contributed by atoms with E-state index in [1.54, 1.807) is 82.3 Å². The topological polar surface area (TPSA) is 346 Å². The summed E-state index contributed by atoms with van der Waals surface area (Å²) in [5.41, 5.74) is 1.82. The molecule has 0 spiro atoms. The number of rotatable bonds is 20. The summed E-state index contributed by atoms with van der Waals surface area (Å²) in [5, 5.41) is 44.7. The number of nitrogens with zero attached hydrogens (tertiary/aromatic N) is 2. The van der Waals surface area contributed by atoms with Crippen molar-refractivity contribution in [3.63, 3.8) is 0 Å². The molecule has 438 valence electrons. The van der Waals surface area contributed by atoms with E-state index in [0.29, 0.717) is 23.1 Å². The fourth-order valence-electron chi connectivity index (χ4n) is 9.40. The second-order valence-corrected chi connectivity index (χ2v) is 21.4. The van der Waals surface area contributed by atoms with Crippen LogP contribution in [-0.4, -0.2) is 167 Å². The highest BCUT2D eigenvalue weighted by Crippen LogP contribution is 2.28. The molecule has 2 saturated heterocycles. The largest absolute Gasteiger partial charge is 0.508 e. The van der Waals surface area contributed by atoms with Crippen molar-refractivity contribution in [2.24, 2.45) is 11.8 Å². The number of ether oxygens (including phenoxy) is 2. The molecule has 2 aliphatic rings. The molecule has 0 radical (unpaired) electrons. The Morgan fingerprint density at radius 3 is 1.95 bits per heavy atom. The molecule has 2 aliphatic heterocycles. The number of carbonyl (C=O) groups excluding carboxylic acids is 8. The van der Waals surface area contributed by atoms with Gasteiger partial charge in [-0.05, 0) is 98.2 Å². The van der Waals surface area contributed by atoms with Crippen molar-refractivity contribution >= 4 is 57.7 Å².